The predicted octanol–water partition coefficient (Wildman–Crippen LogP) is 2.71. The molecule has 8 heteroatoms. The molecule has 1 aliphatic heterocycles. The topological polar surface area (TPSA) is 86.5 Å². The number of amides is 2. The van der Waals surface area contributed by atoms with Crippen LogP contribution in [0, 0.1) is 5.82 Å². The second kappa shape index (κ2) is 9.82. The van der Waals surface area contributed by atoms with Crippen molar-refractivity contribution < 1.29 is 18.7 Å². The van der Waals surface area contributed by atoms with Gasteiger partial charge in [-0.15, -0.1) is 0 Å². The summed E-state index contributed by atoms with van der Waals surface area (Å²) in [5.74, 6) is 0.113. The van der Waals surface area contributed by atoms with E-state index in [2.05, 4.69) is 15.6 Å². The first kappa shape index (κ1) is 21.8. The van der Waals surface area contributed by atoms with E-state index < -0.39 is 6.04 Å². The maximum absolute atomic E-state index is 13.4. The lowest BCUT2D eigenvalue weighted by molar-refractivity contribution is -0.134. The molecule has 3 aromatic rings. The van der Waals surface area contributed by atoms with Crippen LogP contribution in [0.15, 0.2) is 48.5 Å². The number of aromatic nitrogens is 1. The number of halogens is 1. The predicted molar refractivity (Wildman–Crippen MR) is 120 cm³/mol. The molecule has 0 spiro atoms. The smallest absolute Gasteiger partial charge is 0.237 e. The monoisotopic (exact) mass is 438 g/mol. The maximum Gasteiger partial charge on any atom is 0.237 e. The molecule has 0 aliphatic carbocycles. The first-order chi connectivity index (χ1) is 15.5. The van der Waals surface area contributed by atoms with Gasteiger partial charge in [0.05, 0.1) is 25.6 Å². The number of aromatic amines is 1. The highest BCUT2D eigenvalue weighted by molar-refractivity contribution is 5.89. The summed E-state index contributed by atoms with van der Waals surface area (Å²) in [5.41, 5.74) is 2.57. The number of benzene rings is 2. The van der Waals surface area contributed by atoms with E-state index in [1.165, 1.54) is 12.1 Å². The van der Waals surface area contributed by atoms with Gasteiger partial charge in [0.25, 0.3) is 0 Å². The van der Waals surface area contributed by atoms with Crippen molar-refractivity contribution in [1.29, 1.82) is 0 Å². The third-order valence-corrected chi connectivity index (χ3v) is 5.58. The minimum atomic E-state index is -0.560. The van der Waals surface area contributed by atoms with E-state index in [1.54, 1.807) is 6.07 Å². The van der Waals surface area contributed by atoms with Gasteiger partial charge in [0.15, 0.2) is 0 Å². The average Bonchev–Trinajstić information content (AvgIpc) is 3.18. The Labute approximate surface area is 185 Å². The third-order valence-electron chi connectivity index (χ3n) is 5.58. The van der Waals surface area contributed by atoms with Gasteiger partial charge in [-0.1, -0.05) is 18.2 Å². The average molecular weight is 439 g/mol. The zero-order valence-electron chi connectivity index (χ0n) is 18.0. The summed E-state index contributed by atoms with van der Waals surface area (Å²) < 4.78 is 19.1. The molecule has 0 unspecified atom stereocenters. The molecule has 7 nitrogen and oxygen atoms in total. The molecule has 1 aliphatic rings. The number of nitrogens with one attached hydrogen (secondary N) is 3. The van der Waals surface area contributed by atoms with Crippen LogP contribution in [0.5, 0.6) is 5.75 Å². The molecule has 168 valence electrons. The Morgan fingerprint density at radius 1 is 1.25 bits per heavy atom. The van der Waals surface area contributed by atoms with Crippen LogP contribution in [0.3, 0.4) is 0 Å². The number of carbonyl (C=O) groups is 2. The first-order valence-electron chi connectivity index (χ1n) is 10.8. The van der Waals surface area contributed by atoms with Crippen molar-refractivity contribution in [2.24, 2.45) is 0 Å². The summed E-state index contributed by atoms with van der Waals surface area (Å²) in [6.45, 7) is 4.48. The number of nitrogens with zero attached hydrogens (tertiary/aromatic N) is 1. The molecule has 1 fully saturated rings. The van der Waals surface area contributed by atoms with E-state index in [4.69, 9.17) is 4.74 Å². The van der Waals surface area contributed by atoms with Crippen LogP contribution in [0.2, 0.25) is 0 Å². The first-order valence-corrected chi connectivity index (χ1v) is 10.8. The van der Waals surface area contributed by atoms with E-state index in [-0.39, 0.29) is 30.6 Å². The Morgan fingerprint density at radius 3 is 2.94 bits per heavy atom. The second-order valence-electron chi connectivity index (χ2n) is 7.83. The summed E-state index contributed by atoms with van der Waals surface area (Å²) in [5, 5.41) is 6.47. The van der Waals surface area contributed by atoms with Crippen molar-refractivity contribution >= 4 is 22.7 Å². The van der Waals surface area contributed by atoms with Gasteiger partial charge in [-0.25, -0.2) is 4.39 Å². The molecular weight excluding hydrogens is 411 g/mol. The van der Waals surface area contributed by atoms with Gasteiger partial charge in [-0.3, -0.25) is 14.5 Å². The largest absolute Gasteiger partial charge is 0.494 e. The van der Waals surface area contributed by atoms with Gasteiger partial charge in [-0.2, -0.15) is 0 Å². The molecule has 2 aromatic carbocycles. The molecule has 0 radical (unpaired) electrons. The molecule has 32 heavy (non-hydrogen) atoms. The molecule has 2 amide bonds. The molecule has 1 aromatic heterocycles. The van der Waals surface area contributed by atoms with E-state index in [0.29, 0.717) is 26.2 Å². The standard InChI is InChI=1S/C24H27FN4O3/c1-2-32-22-6-4-3-5-16(22)15-29-10-9-26-24(31)21(29)13-23(30)27-14-19-12-17-11-18(25)7-8-20(17)28-19/h3-8,11-12,21,28H,2,9-10,13-15H2,1H3,(H,26,31)(H,27,30)/t21-/m1/s1. The Hall–Kier alpha value is -3.39. The van der Waals surface area contributed by atoms with Crippen molar-refractivity contribution in [2.45, 2.75) is 32.5 Å². The van der Waals surface area contributed by atoms with Gasteiger partial charge in [-0.05, 0) is 37.3 Å². The number of carbonyl (C=O) groups excluding carboxylic acids is 2. The highest BCUT2D eigenvalue weighted by Gasteiger charge is 2.32. The highest BCUT2D eigenvalue weighted by atomic mass is 19.1. The van der Waals surface area contributed by atoms with Crippen molar-refractivity contribution in [2.75, 3.05) is 19.7 Å². The zero-order valence-corrected chi connectivity index (χ0v) is 18.0. The molecule has 0 saturated carbocycles. The number of hydrogen-bond donors (Lipinski definition) is 3. The van der Waals surface area contributed by atoms with Crippen LogP contribution in [-0.2, 0) is 22.7 Å². The zero-order chi connectivity index (χ0) is 22.5. The number of para-hydroxylation sites is 1. The molecule has 0 bridgehead atoms. The number of piperazine rings is 1. The van der Waals surface area contributed by atoms with Crippen LogP contribution in [0.4, 0.5) is 4.39 Å². The number of rotatable bonds is 8. The van der Waals surface area contributed by atoms with Crippen LogP contribution < -0.4 is 15.4 Å². The number of ether oxygens (including phenoxy) is 1. The van der Waals surface area contributed by atoms with Crippen LogP contribution >= 0.6 is 0 Å². The van der Waals surface area contributed by atoms with Crippen LogP contribution in [-0.4, -0.2) is 47.4 Å². The Balaban J connectivity index is 1.39. The molecular formula is C24H27FN4O3. The third kappa shape index (κ3) is 5.08. The summed E-state index contributed by atoms with van der Waals surface area (Å²) in [6, 6.07) is 13.5. The Morgan fingerprint density at radius 2 is 2.09 bits per heavy atom. The molecule has 4 rings (SSSR count). The second-order valence-corrected chi connectivity index (χ2v) is 7.83. The molecule has 1 atom stereocenters. The fraction of sp³-hybridized carbons (Fsp3) is 0.333. The number of H-pyrrole nitrogens is 1. The van der Waals surface area contributed by atoms with Crippen LogP contribution in [0.25, 0.3) is 10.9 Å². The maximum atomic E-state index is 13.4. The molecule has 3 N–H and O–H groups in total. The van der Waals surface area contributed by atoms with E-state index in [1.807, 2.05) is 42.2 Å². The van der Waals surface area contributed by atoms with Gasteiger partial charge in [0.1, 0.15) is 11.6 Å². The quantitative estimate of drug-likeness (QED) is 0.505. The Kier molecular flexibility index (Phi) is 6.70. The van der Waals surface area contributed by atoms with Gasteiger partial charge < -0.3 is 20.4 Å². The fourth-order valence-corrected chi connectivity index (χ4v) is 4.02. The normalized spacial score (nSPS) is 16.7. The fourth-order valence-electron chi connectivity index (χ4n) is 4.02. The van der Waals surface area contributed by atoms with Crippen molar-refractivity contribution in [3.8, 4) is 5.75 Å². The van der Waals surface area contributed by atoms with Crippen molar-refractivity contribution in [3.05, 3.63) is 65.6 Å². The van der Waals surface area contributed by atoms with E-state index in [9.17, 15) is 14.0 Å². The highest BCUT2D eigenvalue weighted by Crippen LogP contribution is 2.22. The van der Waals surface area contributed by atoms with E-state index >= 15 is 0 Å². The molecule has 2 heterocycles. The summed E-state index contributed by atoms with van der Waals surface area (Å²) in [4.78, 5) is 30.4. The minimum Gasteiger partial charge on any atom is -0.494 e. The molecule has 1 saturated heterocycles. The minimum absolute atomic E-state index is 0.0531. The SMILES string of the molecule is CCOc1ccccc1CN1CCNC(=O)[C@H]1CC(=O)NCc1cc2cc(F)ccc2[nH]1. The number of fused-ring (bicyclic) bond motifs is 1. The lowest BCUT2D eigenvalue weighted by Crippen LogP contribution is -2.56. The Bertz CT molecular complexity index is 1110. The van der Waals surface area contributed by atoms with Crippen molar-refractivity contribution in [1.82, 2.24) is 20.5 Å². The van der Waals surface area contributed by atoms with Crippen molar-refractivity contribution in [3.63, 3.8) is 0 Å². The van der Waals surface area contributed by atoms with E-state index in [0.717, 1.165) is 27.9 Å². The summed E-state index contributed by atoms with van der Waals surface area (Å²) >= 11 is 0. The number of hydrogen-bond acceptors (Lipinski definition) is 4. The van der Waals surface area contributed by atoms with Gasteiger partial charge in [0, 0.05) is 41.8 Å². The van der Waals surface area contributed by atoms with Crippen LogP contribution in [0.1, 0.15) is 24.6 Å². The lowest BCUT2D eigenvalue weighted by Gasteiger charge is -2.35. The summed E-state index contributed by atoms with van der Waals surface area (Å²) in [7, 11) is 0. The van der Waals surface area contributed by atoms with Gasteiger partial charge >= 0.3 is 0 Å². The lowest BCUT2D eigenvalue weighted by atomic mass is 10.1. The van der Waals surface area contributed by atoms with Gasteiger partial charge in [0.2, 0.25) is 11.8 Å². The summed E-state index contributed by atoms with van der Waals surface area (Å²) in [6.07, 6.45) is 0.0531.